The number of hydrogen-bond donors (Lipinski definition) is 0. The topological polar surface area (TPSA) is 26.3 Å². The fourth-order valence-electron chi connectivity index (χ4n) is 1.06. The number of hydrogen-bond acceptors (Lipinski definition) is 2. The first kappa shape index (κ1) is 11.3. The van der Waals surface area contributed by atoms with Crippen LogP contribution in [0.1, 0.15) is 22.9 Å². The quantitative estimate of drug-likeness (QED) is 0.591. The molecule has 0 aliphatic rings. The van der Waals surface area contributed by atoms with Crippen LogP contribution in [-0.2, 0) is 16.1 Å². The van der Waals surface area contributed by atoms with Gasteiger partial charge in [0.1, 0.15) is 11.4 Å². The molecular weight excluding hydrogens is 223 g/mol. The van der Waals surface area contributed by atoms with Gasteiger partial charge in [-0.25, -0.2) is 0 Å². The smallest absolute Gasteiger partial charge is 0.302 e. The van der Waals surface area contributed by atoms with Crippen LogP contribution in [0.25, 0.3) is 0 Å². The number of ether oxygens (including phenoxy) is 1. The summed E-state index contributed by atoms with van der Waals surface area (Å²) >= 11 is 11.5. The molecule has 0 bridgehead atoms. The van der Waals surface area contributed by atoms with Crippen molar-refractivity contribution in [2.24, 2.45) is 0 Å². The molecule has 0 saturated carbocycles. The monoisotopic (exact) mass is 232 g/mol. The van der Waals surface area contributed by atoms with Gasteiger partial charge in [-0.1, -0.05) is 24.3 Å². The fraction of sp³-hybridized carbons (Fsp3) is 0.300. The Morgan fingerprint density at radius 3 is 2.64 bits per heavy atom. The molecule has 0 spiro atoms. The van der Waals surface area contributed by atoms with Gasteiger partial charge >= 0.3 is 5.97 Å². The predicted molar refractivity (Wildman–Crippen MR) is 56.4 cm³/mol. The van der Waals surface area contributed by atoms with E-state index in [1.807, 2.05) is 24.3 Å². The number of benzene rings is 1. The minimum absolute atomic E-state index is 0.210. The van der Waals surface area contributed by atoms with Crippen molar-refractivity contribution in [2.45, 2.75) is 18.4 Å². The van der Waals surface area contributed by atoms with E-state index in [4.69, 9.17) is 27.9 Å². The van der Waals surface area contributed by atoms with Gasteiger partial charge in [-0.2, -0.15) is 0 Å². The number of carbonyl (C=O) groups is 1. The van der Waals surface area contributed by atoms with Crippen LogP contribution >= 0.6 is 23.2 Å². The molecule has 0 aliphatic heterocycles. The second kappa shape index (κ2) is 5.23. The molecule has 1 rings (SSSR count). The molecular formula is C10H10Cl2O2. The molecule has 0 amide bonds. The highest BCUT2D eigenvalue weighted by molar-refractivity contribution is 6.44. The first-order valence-corrected chi connectivity index (χ1v) is 4.98. The van der Waals surface area contributed by atoms with Crippen LogP contribution in [0.15, 0.2) is 24.3 Å². The maximum atomic E-state index is 10.6. The Bertz CT molecular complexity index is 324. The van der Waals surface area contributed by atoms with E-state index in [1.54, 1.807) is 0 Å². The van der Waals surface area contributed by atoms with Gasteiger partial charge in [-0.15, -0.1) is 23.2 Å². The van der Waals surface area contributed by atoms with Gasteiger partial charge in [-0.05, 0) is 11.1 Å². The normalized spacial score (nSPS) is 10.3. The number of rotatable bonds is 3. The summed E-state index contributed by atoms with van der Waals surface area (Å²) in [5, 5.41) is 0. The third kappa shape index (κ3) is 3.20. The summed E-state index contributed by atoms with van der Waals surface area (Å²) in [7, 11) is 0. The summed E-state index contributed by atoms with van der Waals surface area (Å²) in [5.74, 6) is -0.319. The van der Waals surface area contributed by atoms with Gasteiger partial charge in [0, 0.05) is 6.92 Å². The largest absolute Gasteiger partial charge is 0.461 e. The number of alkyl halides is 2. The summed E-state index contributed by atoms with van der Waals surface area (Å²) in [4.78, 5) is 10.0. The van der Waals surface area contributed by atoms with Crippen molar-refractivity contribution in [1.29, 1.82) is 0 Å². The highest BCUT2D eigenvalue weighted by Gasteiger charge is 2.09. The molecule has 2 nitrogen and oxygen atoms in total. The SMILES string of the molecule is CC(=O)OCc1ccccc1C(Cl)Cl. The molecule has 0 unspecified atom stereocenters. The zero-order valence-corrected chi connectivity index (χ0v) is 9.18. The second-order valence-electron chi connectivity index (χ2n) is 2.78. The van der Waals surface area contributed by atoms with Crippen molar-refractivity contribution >= 4 is 29.2 Å². The van der Waals surface area contributed by atoms with Gasteiger partial charge in [0.25, 0.3) is 0 Å². The van der Waals surface area contributed by atoms with Crippen LogP contribution in [0, 0.1) is 0 Å². The van der Waals surface area contributed by atoms with E-state index in [0.717, 1.165) is 11.1 Å². The van der Waals surface area contributed by atoms with Crippen LogP contribution < -0.4 is 0 Å². The summed E-state index contributed by atoms with van der Waals surface area (Å²) < 4.78 is 4.86. The molecule has 14 heavy (non-hydrogen) atoms. The summed E-state index contributed by atoms with van der Waals surface area (Å²) in [6, 6.07) is 7.32. The van der Waals surface area contributed by atoms with E-state index in [-0.39, 0.29) is 12.6 Å². The maximum Gasteiger partial charge on any atom is 0.302 e. The van der Waals surface area contributed by atoms with Gasteiger partial charge in [0.2, 0.25) is 0 Å². The van der Waals surface area contributed by atoms with Crippen LogP contribution in [0.4, 0.5) is 0 Å². The van der Waals surface area contributed by atoms with Gasteiger partial charge < -0.3 is 4.74 Å². The Balaban J connectivity index is 2.79. The van der Waals surface area contributed by atoms with E-state index < -0.39 is 4.84 Å². The number of carbonyl (C=O) groups excluding carboxylic acids is 1. The summed E-state index contributed by atoms with van der Waals surface area (Å²) in [6.07, 6.45) is 0. The van der Waals surface area contributed by atoms with Crippen molar-refractivity contribution < 1.29 is 9.53 Å². The predicted octanol–water partition coefficient (Wildman–Crippen LogP) is 3.23. The van der Waals surface area contributed by atoms with Gasteiger partial charge in [0.05, 0.1) is 0 Å². The second-order valence-corrected chi connectivity index (χ2v) is 3.88. The first-order valence-electron chi connectivity index (χ1n) is 4.10. The third-order valence-electron chi connectivity index (χ3n) is 1.72. The molecule has 0 heterocycles. The average molecular weight is 233 g/mol. The molecule has 0 radical (unpaired) electrons. The highest BCUT2D eigenvalue weighted by atomic mass is 35.5. The maximum absolute atomic E-state index is 10.6. The van der Waals surface area contributed by atoms with Crippen LogP contribution in [-0.4, -0.2) is 5.97 Å². The Kier molecular flexibility index (Phi) is 4.23. The third-order valence-corrected chi connectivity index (χ3v) is 2.19. The molecule has 0 N–H and O–H groups in total. The van der Waals surface area contributed by atoms with Crippen molar-refractivity contribution in [2.75, 3.05) is 0 Å². The zero-order chi connectivity index (χ0) is 10.6. The Hall–Kier alpha value is -0.730. The van der Waals surface area contributed by atoms with E-state index in [0.29, 0.717) is 0 Å². The van der Waals surface area contributed by atoms with Crippen molar-refractivity contribution in [3.63, 3.8) is 0 Å². The fourth-order valence-corrected chi connectivity index (χ4v) is 1.48. The molecule has 0 saturated heterocycles. The molecule has 1 aromatic rings. The van der Waals surface area contributed by atoms with E-state index >= 15 is 0 Å². The lowest BCUT2D eigenvalue weighted by molar-refractivity contribution is -0.142. The Labute approximate surface area is 92.8 Å². The standard InChI is InChI=1S/C10H10Cl2O2/c1-7(13)14-6-8-4-2-3-5-9(8)10(11)12/h2-5,10H,6H2,1H3. The summed E-state index contributed by atoms with van der Waals surface area (Å²) in [5.41, 5.74) is 1.61. The molecule has 4 heteroatoms. The molecule has 0 atom stereocenters. The highest BCUT2D eigenvalue weighted by Crippen LogP contribution is 2.27. The lowest BCUT2D eigenvalue weighted by atomic mass is 10.1. The first-order chi connectivity index (χ1) is 6.61. The van der Waals surface area contributed by atoms with Crippen LogP contribution in [0.3, 0.4) is 0 Å². The minimum atomic E-state index is -0.596. The lowest BCUT2D eigenvalue weighted by Crippen LogP contribution is -2.01. The molecule has 1 aromatic carbocycles. The van der Waals surface area contributed by atoms with Crippen LogP contribution in [0.5, 0.6) is 0 Å². The molecule has 76 valence electrons. The number of halogens is 2. The van der Waals surface area contributed by atoms with Gasteiger partial charge in [0.15, 0.2) is 0 Å². The van der Waals surface area contributed by atoms with E-state index in [9.17, 15) is 4.79 Å². The van der Waals surface area contributed by atoms with Crippen LogP contribution in [0.2, 0.25) is 0 Å². The lowest BCUT2D eigenvalue weighted by Gasteiger charge is -2.09. The van der Waals surface area contributed by atoms with E-state index in [2.05, 4.69) is 0 Å². The molecule has 0 aliphatic carbocycles. The Morgan fingerprint density at radius 2 is 2.07 bits per heavy atom. The van der Waals surface area contributed by atoms with E-state index in [1.165, 1.54) is 6.92 Å². The van der Waals surface area contributed by atoms with Crippen molar-refractivity contribution in [3.8, 4) is 0 Å². The zero-order valence-electron chi connectivity index (χ0n) is 7.67. The van der Waals surface area contributed by atoms with Crippen molar-refractivity contribution in [3.05, 3.63) is 35.4 Å². The van der Waals surface area contributed by atoms with Crippen molar-refractivity contribution in [1.82, 2.24) is 0 Å². The summed E-state index contributed by atoms with van der Waals surface area (Å²) in [6.45, 7) is 1.57. The molecule has 0 aromatic heterocycles. The van der Waals surface area contributed by atoms with Gasteiger partial charge in [-0.3, -0.25) is 4.79 Å². The minimum Gasteiger partial charge on any atom is -0.461 e. The molecule has 0 fully saturated rings. The number of esters is 1. The average Bonchev–Trinajstić information content (AvgIpc) is 2.15. The Morgan fingerprint density at radius 1 is 1.43 bits per heavy atom.